The molecule has 3 nitrogen and oxygen atoms in total. The van der Waals surface area contributed by atoms with Crippen LogP contribution in [0.2, 0.25) is 0 Å². The van der Waals surface area contributed by atoms with E-state index in [0.717, 1.165) is 18.9 Å². The molecule has 1 atom stereocenters. The molecule has 0 aliphatic carbocycles. The first-order valence-electron chi connectivity index (χ1n) is 5.90. The van der Waals surface area contributed by atoms with E-state index in [2.05, 4.69) is 0 Å². The SMILES string of the molecule is CCCC(C)N(C)C(=O)c1cc(N)c(F)cc1F. The van der Waals surface area contributed by atoms with E-state index in [4.69, 9.17) is 5.73 Å². The van der Waals surface area contributed by atoms with Crippen LogP contribution in [0, 0.1) is 11.6 Å². The topological polar surface area (TPSA) is 46.3 Å². The predicted molar refractivity (Wildman–Crippen MR) is 67.2 cm³/mol. The van der Waals surface area contributed by atoms with Gasteiger partial charge in [-0.3, -0.25) is 4.79 Å². The smallest absolute Gasteiger partial charge is 0.256 e. The summed E-state index contributed by atoms with van der Waals surface area (Å²) in [6.07, 6.45) is 1.74. The molecular formula is C13H18F2N2O. The van der Waals surface area contributed by atoms with Gasteiger partial charge in [0.1, 0.15) is 11.6 Å². The number of anilines is 1. The Bertz CT molecular complexity index is 449. The maximum Gasteiger partial charge on any atom is 0.256 e. The molecule has 0 radical (unpaired) electrons. The second kappa shape index (κ2) is 5.80. The average molecular weight is 256 g/mol. The van der Waals surface area contributed by atoms with E-state index in [1.807, 2.05) is 13.8 Å². The Hall–Kier alpha value is -1.65. The van der Waals surface area contributed by atoms with Gasteiger partial charge >= 0.3 is 0 Å². The normalized spacial score (nSPS) is 12.3. The average Bonchev–Trinajstić information content (AvgIpc) is 2.32. The van der Waals surface area contributed by atoms with E-state index in [1.165, 1.54) is 4.90 Å². The molecule has 1 unspecified atom stereocenters. The number of nitrogens with two attached hydrogens (primary N) is 1. The highest BCUT2D eigenvalue weighted by molar-refractivity contribution is 5.95. The monoisotopic (exact) mass is 256 g/mol. The van der Waals surface area contributed by atoms with Crippen LogP contribution in [0.15, 0.2) is 12.1 Å². The Balaban J connectivity index is 3.00. The molecular weight excluding hydrogens is 238 g/mol. The fourth-order valence-corrected chi connectivity index (χ4v) is 1.73. The molecule has 2 N–H and O–H groups in total. The zero-order chi connectivity index (χ0) is 13.9. The molecule has 0 aliphatic heterocycles. The third kappa shape index (κ3) is 2.97. The summed E-state index contributed by atoms with van der Waals surface area (Å²) in [5.74, 6) is -2.23. The van der Waals surface area contributed by atoms with Crippen LogP contribution in [0.1, 0.15) is 37.0 Å². The Morgan fingerprint density at radius 3 is 2.56 bits per heavy atom. The van der Waals surface area contributed by atoms with Crippen molar-refractivity contribution in [1.29, 1.82) is 0 Å². The number of nitrogen functional groups attached to an aromatic ring is 1. The molecule has 0 heterocycles. The van der Waals surface area contributed by atoms with Crippen molar-refractivity contribution < 1.29 is 13.6 Å². The lowest BCUT2D eigenvalue weighted by molar-refractivity contribution is 0.0732. The number of hydrogen-bond donors (Lipinski definition) is 1. The van der Waals surface area contributed by atoms with Gasteiger partial charge in [-0.2, -0.15) is 0 Å². The first-order chi connectivity index (χ1) is 8.38. The standard InChI is InChI=1S/C13H18F2N2O/c1-4-5-8(2)17(3)13(18)9-6-12(16)11(15)7-10(9)14/h6-8H,4-5,16H2,1-3H3. The second-order valence-corrected chi connectivity index (χ2v) is 4.41. The number of halogens is 2. The van der Waals surface area contributed by atoms with Crippen molar-refractivity contribution >= 4 is 11.6 Å². The van der Waals surface area contributed by atoms with Crippen LogP contribution in [0.3, 0.4) is 0 Å². The van der Waals surface area contributed by atoms with E-state index in [1.54, 1.807) is 7.05 Å². The van der Waals surface area contributed by atoms with Crippen molar-refractivity contribution in [1.82, 2.24) is 4.90 Å². The lowest BCUT2D eigenvalue weighted by atomic mass is 10.1. The van der Waals surface area contributed by atoms with E-state index in [9.17, 15) is 13.6 Å². The summed E-state index contributed by atoms with van der Waals surface area (Å²) in [4.78, 5) is 13.5. The predicted octanol–water partition coefficient (Wildman–Crippen LogP) is 2.81. The van der Waals surface area contributed by atoms with Gasteiger partial charge in [-0.25, -0.2) is 8.78 Å². The molecule has 0 saturated heterocycles. The van der Waals surface area contributed by atoms with Crippen LogP contribution in [-0.2, 0) is 0 Å². The van der Waals surface area contributed by atoms with Crippen LogP contribution < -0.4 is 5.73 Å². The number of amides is 1. The van der Waals surface area contributed by atoms with Crippen LogP contribution in [0.25, 0.3) is 0 Å². The molecule has 0 fully saturated rings. The molecule has 1 amide bonds. The molecule has 0 bridgehead atoms. The number of carbonyl (C=O) groups excluding carboxylic acids is 1. The highest BCUT2D eigenvalue weighted by Gasteiger charge is 2.21. The van der Waals surface area contributed by atoms with Gasteiger partial charge in [0.2, 0.25) is 0 Å². The van der Waals surface area contributed by atoms with Crippen molar-refractivity contribution in [2.45, 2.75) is 32.7 Å². The van der Waals surface area contributed by atoms with Crippen molar-refractivity contribution in [3.05, 3.63) is 29.3 Å². The number of rotatable bonds is 4. The van der Waals surface area contributed by atoms with E-state index in [-0.39, 0.29) is 17.3 Å². The Labute approximate surface area is 106 Å². The third-order valence-electron chi connectivity index (χ3n) is 3.00. The summed E-state index contributed by atoms with van der Waals surface area (Å²) in [7, 11) is 1.60. The fraction of sp³-hybridized carbons (Fsp3) is 0.462. The number of benzene rings is 1. The summed E-state index contributed by atoms with van der Waals surface area (Å²) in [5.41, 5.74) is 4.93. The van der Waals surface area contributed by atoms with Gasteiger partial charge in [0.05, 0.1) is 11.3 Å². The minimum absolute atomic E-state index is 0.00632. The molecule has 18 heavy (non-hydrogen) atoms. The molecule has 100 valence electrons. The first kappa shape index (κ1) is 14.4. The number of hydrogen-bond acceptors (Lipinski definition) is 2. The molecule has 1 rings (SSSR count). The highest BCUT2D eigenvalue weighted by atomic mass is 19.1. The van der Waals surface area contributed by atoms with Crippen LogP contribution >= 0.6 is 0 Å². The van der Waals surface area contributed by atoms with E-state index >= 15 is 0 Å². The van der Waals surface area contributed by atoms with Crippen molar-refractivity contribution in [2.75, 3.05) is 12.8 Å². The summed E-state index contributed by atoms with van der Waals surface area (Å²) < 4.78 is 26.6. The van der Waals surface area contributed by atoms with Gasteiger partial charge in [0.15, 0.2) is 0 Å². The minimum atomic E-state index is -0.887. The Kier molecular flexibility index (Phi) is 4.64. The molecule has 0 spiro atoms. The van der Waals surface area contributed by atoms with Crippen LogP contribution in [-0.4, -0.2) is 23.9 Å². The fourth-order valence-electron chi connectivity index (χ4n) is 1.73. The van der Waals surface area contributed by atoms with Crippen LogP contribution in [0.4, 0.5) is 14.5 Å². The lowest BCUT2D eigenvalue weighted by Crippen LogP contribution is -2.35. The molecule has 1 aromatic rings. The number of carbonyl (C=O) groups is 1. The Morgan fingerprint density at radius 2 is 2.00 bits per heavy atom. The van der Waals surface area contributed by atoms with Gasteiger partial charge in [-0.15, -0.1) is 0 Å². The molecule has 0 saturated carbocycles. The first-order valence-corrected chi connectivity index (χ1v) is 5.90. The minimum Gasteiger partial charge on any atom is -0.396 e. The van der Waals surface area contributed by atoms with Gasteiger partial charge in [0, 0.05) is 19.2 Å². The second-order valence-electron chi connectivity index (χ2n) is 4.41. The van der Waals surface area contributed by atoms with Gasteiger partial charge < -0.3 is 10.6 Å². The molecule has 1 aromatic carbocycles. The third-order valence-corrected chi connectivity index (χ3v) is 3.00. The maximum atomic E-state index is 13.5. The molecule has 5 heteroatoms. The van der Waals surface area contributed by atoms with Crippen LogP contribution in [0.5, 0.6) is 0 Å². The van der Waals surface area contributed by atoms with Gasteiger partial charge in [0.25, 0.3) is 5.91 Å². The maximum absolute atomic E-state index is 13.5. The lowest BCUT2D eigenvalue weighted by Gasteiger charge is -2.25. The summed E-state index contributed by atoms with van der Waals surface area (Å²) in [6.45, 7) is 3.89. The van der Waals surface area contributed by atoms with E-state index in [0.29, 0.717) is 6.07 Å². The summed E-state index contributed by atoms with van der Waals surface area (Å²) in [5, 5.41) is 0. The van der Waals surface area contributed by atoms with Crippen molar-refractivity contribution in [2.24, 2.45) is 0 Å². The van der Waals surface area contributed by atoms with Crippen molar-refractivity contribution in [3.63, 3.8) is 0 Å². The van der Waals surface area contributed by atoms with Gasteiger partial charge in [-0.05, 0) is 19.4 Å². The highest BCUT2D eigenvalue weighted by Crippen LogP contribution is 2.19. The zero-order valence-corrected chi connectivity index (χ0v) is 10.8. The zero-order valence-electron chi connectivity index (χ0n) is 10.8. The number of nitrogens with zero attached hydrogens (tertiary/aromatic N) is 1. The summed E-state index contributed by atoms with van der Waals surface area (Å²) in [6, 6.07) is 1.68. The molecule has 0 aromatic heterocycles. The quantitative estimate of drug-likeness (QED) is 0.842. The largest absolute Gasteiger partial charge is 0.396 e. The van der Waals surface area contributed by atoms with E-state index < -0.39 is 17.5 Å². The summed E-state index contributed by atoms with van der Waals surface area (Å²) >= 11 is 0. The Morgan fingerprint density at radius 1 is 1.39 bits per heavy atom. The van der Waals surface area contributed by atoms with Gasteiger partial charge in [-0.1, -0.05) is 13.3 Å². The van der Waals surface area contributed by atoms with Crippen molar-refractivity contribution in [3.8, 4) is 0 Å². The molecule has 0 aliphatic rings.